The van der Waals surface area contributed by atoms with Crippen LogP contribution >= 0.6 is 0 Å². The van der Waals surface area contributed by atoms with Gasteiger partial charge in [0.15, 0.2) is 23.3 Å². The van der Waals surface area contributed by atoms with Gasteiger partial charge in [-0.15, -0.1) is 0 Å². The molecular formula is C16H7F8NO. The molecule has 26 heavy (non-hydrogen) atoms. The van der Waals surface area contributed by atoms with Gasteiger partial charge in [0.2, 0.25) is 5.82 Å². The van der Waals surface area contributed by atoms with E-state index in [1.165, 1.54) is 23.5 Å². The van der Waals surface area contributed by atoms with Crippen LogP contribution in [0.3, 0.4) is 0 Å². The highest BCUT2D eigenvalue weighted by Gasteiger charge is 2.30. The molecular weight excluding hydrogens is 374 g/mol. The third-order valence-electron chi connectivity index (χ3n) is 3.09. The van der Waals surface area contributed by atoms with E-state index in [0.29, 0.717) is 0 Å². The number of anilines is 1. The van der Waals surface area contributed by atoms with Gasteiger partial charge in [-0.05, 0) is 5.56 Å². The first-order chi connectivity index (χ1) is 12.0. The predicted molar refractivity (Wildman–Crippen MR) is 75.3 cm³/mol. The van der Waals surface area contributed by atoms with Crippen molar-refractivity contribution in [2.75, 3.05) is 5.32 Å². The Labute approximate surface area is 140 Å². The number of benzene rings is 2. The number of halogens is 8. The summed E-state index contributed by atoms with van der Waals surface area (Å²) in [4.78, 5) is 12.1. The highest BCUT2D eigenvalue weighted by Crippen LogP contribution is 2.30. The Bertz CT molecular complexity index is 845. The highest BCUT2D eigenvalue weighted by atomic mass is 19.4. The van der Waals surface area contributed by atoms with Crippen molar-refractivity contribution in [1.82, 2.24) is 0 Å². The van der Waals surface area contributed by atoms with E-state index < -0.39 is 58.5 Å². The number of carbonyl (C=O) groups is 1. The summed E-state index contributed by atoms with van der Waals surface area (Å²) in [5.41, 5.74) is -3.12. The van der Waals surface area contributed by atoms with E-state index in [1.807, 2.05) is 0 Å². The number of amides is 1. The number of hydrogen-bond acceptors (Lipinski definition) is 1. The molecule has 0 saturated carbocycles. The van der Waals surface area contributed by atoms with Gasteiger partial charge in [0, 0.05) is 6.08 Å². The maximum atomic E-state index is 13.6. The number of hydrogen-bond donors (Lipinski definition) is 1. The smallest absolute Gasteiger partial charge is 0.317 e. The predicted octanol–water partition coefficient (Wildman–Crippen LogP) is 4.97. The van der Waals surface area contributed by atoms with E-state index in [4.69, 9.17) is 0 Å². The van der Waals surface area contributed by atoms with Crippen LogP contribution in [0, 0.1) is 29.1 Å². The van der Waals surface area contributed by atoms with Crippen molar-refractivity contribution in [3.05, 3.63) is 71.1 Å². The van der Waals surface area contributed by atoms with E-state index in [2.05, 4.69) is 0 Å². The molecule has 0 unspecified atom stereocenters. The van der Waals surface area contributed by atoms with Crippen LogP contribution in [-0.4, -0.2) is 12.1 Å². The van der Waals surface area contributed by atoms with Gasteiger partial charge in [-0.25, -0.2) is 22.0 Å². The summed E-state index contributed by atoms with van der Waals surface area (Å²) in [6.07, 6.45) is -5.44. The lowest BCUT2D eigenvalue weighted by atomic mass is 10.0. The lowest BCUT2D eigenvalue weighted by Crippen LogP contribution is -2.19. The minimum atomic E-state index is -4.99. The van der Waals surface area contributed by atoms with Crippen LogP contribution in [-0.2, 0) is 4.79 Å². The molecule has 1 N–H and O–H groups in total. The zero-order valence-electron chi connectivity index (χ0n) is 12.4. The van der Waals surface area contributed by atoms with Crippen LogP contribution in [0.4, 0.5) is 40.8 Å². The average molecular weight is 381 g/mol. The Balaban J connectivity index is 2.52. The molecule has 0 aromatic heterocycles. The second-order valence-electron chi connectivity index (χ2n) is 4.86. The zero-order valence-corrected chi connectivity index (χ0v) is 12.4. The van der Waals surface area contributed by atoms with Crippen molar-refractivity contribution >= 4 is 17.2 Å². The van der Waals surface area contributed by atoms with Gasteiger partial charge in [0.1, 0.15) is 5.69 Å². The van der Waals surface area contributed by atoms with Gasteiger partial charge in [-0.3, -0.25) is 4.79 Å². The fourth-order valence-corrected chi connectivity index (χ4v) is 1.96. The summed E-state index contributed by atoms with van der Waals surface area (Å²) >= 11 is 0. The minimum Gasteiger partial charge on any atom is -0.317 e. The van der Waals surface area contributed by atoms with E-state index in [9.17, 15) is 39.9 Å². The normalized spacial score (nSPS) is 12.2. The second-order valence-corrected chi connectivity index (χ2v) is 4.86. The lowest BCUT2D eigenvalue weighted by Gasteiger charge is -2.13. The number of allylic oxidation sites excluding steroid dienone is 1. The SMILES string of the molecule is O=C(Nc1c(F)c(F)c(F)c(F)c1F)/C(=C\C(F)(F)F)c1ccccc1. The van der Waals surface area contributed by atoms with Gasteiger partial charge in [-0.1, -0.05) is 30.3 Å². The van der Waals surface area contributed by atoms with Gasteiger partial charge in [0.25, 0.3) is 5.91 Å². The van der Waals surface area contributed by atoms with E-state index in [-0.39, 0.29) is 5.56 Å². The third-order valence-corrected chi connectivity index (χ3v) is 3.09. The van der Waals surface area contributed by atoms with Crippen molar-refractivity contribution in [2.24, 2.45) is 0 Å². The molecule has 0 atom stereocenters. The molecule has 2 aromatic rings. The summed E-state index contributed by atoms with van der Waals surface area (Å²) < 4.78 is 104. The molecule has 0 spiro atoms. The van der Waals surface area contributed by atoms with Crippen molar-refractivity contribution in [3.8, 4) is 0 Å². The Hall–Kier alpha value is -2.91. The molecule has 1 amide bonds. The molecule has 0 aliphatic heterocycles. The topological polar surface area (TPSA) is 29.1 Å². The van der Waals surface area contributed by atoms with E-state index in [0.717, 1.165) is 12.1 Å². The summed E-state index contributed by atoms with van der Waals surface area (Å²) in [5.74, 6) is -13.6. The van der Waals surface area contributed by atoms with E-state index in [1.54, 1.807) is 0 Å². The molecule has 0 saturated heterocycles. The molecule has 0 aliphatic carbocycles. The number of rotatable bonds is 3. The second kappa shape index (κ2) is 7.14. The number of nitrogens with one attached hydrogen (secondary N) is 1. The maximum Gasteiger partial charge on any atom is 0.410 e. The molecule has 2 aromatic carbocycles. The molecule has 2 nitrogen and oxygen atoms in total. The summed E-state index contributed by atoms with van der Waals surface area (Å²) in [7, 11) is 0. The lowest BCUT2D eigenvalue weighted by molar-refractivity contribution is -0.111. The monoisotopic (exact) mass is 381 g/mol. The molecule has 0 fully saturated rings. The third kappa shape index (κ3) is 4.01. The van der Waals surface area contributed by atoms with Crippen molar-refractivity contribution in [2.45, 2.75) is 6.18 Å². The van der Waals surface area contributed by atoms with Crippen molar-refractivity contribution in [1.29, 1.82) is 0 Å². The highest BCUT2D eigenvalue weighted by molar-refractivity contribution is 6.25. The van der Waals surface area contributed by atoms with Crippen molar-refractivity contribution in [3.63, 3.8) is 0 Å². The standard InChI is InChI=1S/C16H7F8NO/c17-9-10(18)12(20)14(13(21)11(9)19)25-15(26)8(6-16(22,23)24)7-4-2-1-3-5-7/h1-6H,(H,25,26)/b8-6-. The fraction of sp³-hybridized carbons (Fsp3) is 0.0625. The molecule has 0 aliphatic rings. The summed E-state index contributed by atoms with van der Waals surface area (Å²) in [6, 6.07) is 6.18. The first kappa shape index (κ1) is 19.4. The van der Waals surface area contributed by atoms with Gasteiger partial charge < -0.3 is 5.32 Å². The molecule has 0 heterocycles. The number of carbonyl (C=O) groups excluding carboxylic acids is 1. The Morgan fingerprint density at radius 1 is 0.808 bits per heavy atom. The van der Waals surface area contributed by atoms with Crippen LogP contribution in [0.1, 0.15) is 5.56 Å². The van der Waals surface area contributed by atoms with E-state index >= 15 is 0 Å². The van der Waals surface area contributed by atoms with Crippen molar-refractivity contribution < 1.29 is 39.9 Å². The van der Waals surface area contributed by atoms with Crippen LogP contribution < -0.4 is 5.32 Å². The van der Waals surface area contributed by atoms with Crippen LogP contribution in [0.25, 0.3) is 5.57 Å². The summed E-state index contributed by atoms with van der Waals surface area (Å²) in [5, 5.41) is 1.30. The van der Waals surface area contributed by atoms with Crippen LogP contribution in [0.15, 0.2) is 36.4 Å². The molecule has 0 bridgehead atoms. The first-order valence-electron chi connectivity index (χ1n) is 6.70. The Kier molecular flexibility index (Phi) is 5.33. The van der Waals surface area contributed by atoms with Gasteiger partial charge in [0.05, 0.1) is 5.57 Å². The Morgan fingerprint density at radius 3 is 1.73 bits per heavy atom. The first-order valence-corrected chi connectivity index (χ1v) is 6.70. The molecule has 0 radical (unpaired) electrons. The molecule has 10 heteroatoms. The quantitative estimate of drug-likeness (QED) is 0.346. The zero-order chi connectivity index (χ0) is 19.6. The maximum absolute atomic E-state index is 13.6. The van der Waals surface area contributed by atoms with Crippen LogP contribution in [0.2, 0.25) is 0 Å². The average Bonchev–Trinajstić information content (AvgIpc) is 2.59. The summed E-state index contributed by atoms with van der Waals surface area (Å²) in [6.45, 7) is 0. The van der Waals surface area contributed by atoms with Gasteiger partial charge in [-0.2, -0.15) is 13.2 Å². The molecule has 138 valence electrons. The Morgan fingerprint density at radius 2 is 1.27 bits per heavy atom. The number of alkyl halides is 3. The molecule has 2 rings (SSSR count). The van der Waals surface area contributed by atoms with Gasteiger partial charge >= 0.3 is 6.18 Å². The fourth-order valence-electron chi connectivity index (χ4n) is 1.96. The largest absolute Gasteiger partial charge is 0.410 e. The van der Waals surface area contributed by atoms with Crippen LogP contribution in [0.5, 0.6) is 0 Å². The minimum absolute atomic E-state index is 0.286.